The van der Waals surface area contributed by atoms with Crippen LogP contribution in [0.3, 0.4) is 0 Å². The van der Waals surface area contributed by atoms with Crippen molar-refractivity contribution in [1.29, 1.82) is 0 Å². The maximum absolute atomic E-state index is 12.1. The summed E-state index contributed by atoms with van der Waals surface area (Å²) in [5.41, 5.74) is 8.16. The number of methoxy groups -OCH3 is 1. The first-order valence-electron chi connectivity index (χ1n) is 8.03. The van der Waals surface area contributed by atoms with Crippen LogP contribution in [0.25, 0.3) is 0 Å². The van der Waals surface area contributed by atoms with Crippen LogP contribution in [0, 0.1) is 0 Å². The van der Waals surface area contributed by atoms with Gasteiger partial charge in [0, 0.05) is 37.9 Å². The monoisotopic (exact) mass is 364 g/mol. The van der Waals surface area contributed by atoms with Gasteiger partial charge >= 0.3 is 0 Å². The van der Waals surface area contributed by atoms with Gasteiger partial charge in [0.15, 0.2) is 0 Å². The van der Waals surface area contributed by atoms with Gasteiger partial charge in [0.05, 0.1) is 6.61 Å². The Morgan fingerprint density at radius 3 is 2.36 bits per heavy atom. The number of hydrogen-bond donors (Lipinski definition) is 2. The van der Waals surface area contributed by atoms with Crippen molar-refractivity contribution in [1.82, 2.24) is 5.32 Å². The molecule has 0 fully saturated rings. The minimum Gasteiger partial charge on any atom is -0.494 e. The van der Waals surface area contributed by atoms with E-state index in [4.69, 9.17) is 15.2 Å². The molecule has 6 heteroatoms. The maximum Gasteiger partial charge on any atom is 0.251 e. The zero-order chi connectivity index (χ0) is 17.2. The topological polar surface area (TPSA) is 73.6 Å². The summed E-state index contributed by atoms with van der Waals surface area (Å²) in [7, 11) is 1.67. The Hall–Kier alpha value is -2.24. The molecule has 5 nitrogen and oxygen atoms in total. The summed E-state index contributed by atoms with van der Waals surface area (Å²) < 4.78 is 10.5. The van der Waals surface area contributed by atoms with Crippen molar-refractivity contribution in [2.24, 2.45) is 0 Å². The molecule has 0 aliphatic carbocycles. The number of rotatable bonds is 9. The first-order valence-corrected chi connectivity index (χ1v) is 8.03. The molecule has 0 saturated carbocycles. The van der Waals surface area contributed by atoms with Crippen LogP contribution in [-0.4, -0.2) is 32.8 Å². The number of carbonyl (C=O) groups excluding carboxylic acids is 1. The molecule has 0 radical (unpaired) electrons. The summed E-state index contributed by atoms with van der Waals surface area (Å²) >= 11 is 0. The van der Waals surface area contributed by atoms with Crippen LogP contribution in [0.15, 0.2) is 48.5 Å². The number of amides is 1. The van der Waals surface area contributed by atoms with E-state index in [0.29, 0.717) is 25.3 Å². The Balaban J connectivity index is 0.00000312. The molecule has 3 N–H and O–H groups in total. The molecule has 0 spiro atoms. The van der Waals surface area contributed by atoms with E-state index in [9.17, 15) is 4.79 Å². The SMILES string of the molecule is COCCCOc1ccc(C(=O)NCCc2ccc(N)cc2)cc1.Cl. The first kappa shape index (κ1) is 20.8. The van der Waals surface area contributed by atoms with Gasteiger partial charge in [-0.25, -0.2) is 0 Å². The van der Waals surface area contributed by atoms with Crippen molar-refractivity contribution in [3.8, 4) is 5.75 Å². The van der Waals surface area contributed by atoms with Crippen molar-refractivity contribution >= 4 is 24.0 Å². The zero-order valence-electron chi connectivity index (χ0n) is 14.4. The fourth-order valence-electron chi connectivity index (χ4n) is 2.20. The maximum atomic E-state index is 12.1. The third-order valence-electron chi connectivity index (χ3n) is 3.56. The number of nitrogens with two attached hydrogens (primary N) is 1. The summed E-state index contributed by atoms with van der Waals surface area (Å²) in [6.07, 6.45) is 1.61. The number of nitrogens with one attached hydrogen (secondary N) is 1. The van der Waals surface area contributed by atoms with Crippen LogP contribution in [0.1, 0.15) is 22.3 Å². The van der Waals surface area contributed by atoms with Crippen molar-refractivity contribution < 1.29 is 14.3 Å². The van der Waals surface area contributed by atoms with Crippen molar-refractivity contribution in [3.63, 3.8) is 0 Å². The Bertz CT molecular complexity index is 630. The summed E-state index contributed by atoms with van der Waals surface area (Å²) in [5, 5.41) is 2.91. The van der Waals surface area contributed by atoms with E-state index < -0.39 is 0 Å². The van der Waals surface area contributed by atoms with Crippen molar-refractivity contribution in [2.75, 3.05) is 32.6 Å². The Labute approximate surface area is 154 Å². The minimum atomic E-state index is -0.0867. The van der Waals surface area contributed by atoms with Gasteiger partial charge in [-0.15, -0.1) is 12.4 Å². The molecule has 0 aliphatic rings. The lowest BCUT2D eigenvalue weighted by Crippen LogP contribution is -2.25. The highest BCUT2D eigenvalue weighted by molar-refractivity contribution is 5.94. The second-order valence-electron chi connectivity index (χ2n) is 5.47. The molecule has 0 heterocycles. The molecule has 0 aromatic heterocycles. The molecule has 136 valence electrons. The standard InChI is InChI=1S/C19H24N2O3.ClH/c1-23-13-2-14-24-18-9-5-16(6-10-18)19(22)21-12-11-15-3-7-17(20)8-4-15;/h3-10H,2,11-14,20H2,1H3,(H,21,22);1H. The molecule has 0 atom stereocenters. The number of nitrogen functional groups attached to an aromatic ring is 1. The number of anilines is 1. The van der Waals surface area contributed by atoms with Crippen LogP contribution in [0.4, 0.5) is 5.69 Å². The number of hydrogen-bond acceptors (Lipinski definition) is 4. The van der Waals surface area contributed by atoms with Crippen LogP contribution in [0.5, 0.6) is 5.75 Å². The molecule has 25 heavy (non-hydrogen) atoms. The lowest BCUT2D eigenvalue weighted by molar-refractivity contribution is 0.0954. The van der Waals surface area contributed by atoms with E-state index >= 15 is 0 Å². The average molecular weight is 365 g/mol. The molecule has 0 saturated heterocycles. The fourth-order valence-corrected chi connectivity index (χ4v) is 2.20. The normalized spacial score (nSPS) is 9.96. The Kier molecular flexibility index (Phi) is 9.43. The molecular formula is C19H25ClN2O3. The van der Waals surface area contributed by atoms with E-state index in [1.807, 2.05) is 36.4 Å². The van der Waals surface area contributed by atoms with Gasteiger partial charge in [-0.3, -0.25) is 4.79 Å². The molecular weight excluding hydrogens is 340 g/mol. The highest BCUT2D eigenvalue weighted by atomic mass is 35.5. The number of benzene rings is 2. The molecule has 2 aromatic carbocycles. The number of ether oxygens (including phenoxy) is 2. The van der Waals surface area contributed by atoms with Gasteiger partial charge in [-0.05, 0) is 48.4 Å². The quantitative estimate of drug-likeness (QED) is 0.529. The van der Waals surface area contributed by atoms with Gasteiger partial charge in [0.25, 0.3) is 5.91 Å². The lowest BCUT2D eigenvalue weighted by atomic mass is 10.1. The molecule has 2 aromatic rings. The van der Waals surface area contributed by atoms with Crippen molar-refractivity contribution in [2.45, 2.75) is 12.8 Å². The average Bonchev–Trinajstić information content (AvgIpc) is 2.61. The molecule has 0 bridgehead atoms. The third-order valence-corrected chi connectivity index (χ3v) is 3.56. The predicted molar refractivity (Wildman–Crippen MR) is 103 cm³/mol. The van der Waals surface area contributed by atoms with Gasteiger partial charge in [-0.2, -0.15) is 0 Å². The van der Waals surface area contributed by atoms with Gasteiger partial charge in [0.2, 0.25) is 0 Å². The van der Waals surface area contributed by atoms with E-state index in [1.54, 1.807) is 19.2 Å². The predicted octanol–water partition coefficient (Wildman–Crippen LogP) is 3.08. The highest BCUT2D eigenvalue weighted by Crippen LogP contribution is 2.12. The first-order chi connectivity index (χ1) is 11.7. The van der Waals surface area contributed by atoms with E-state index in [0.717, 1.165) is 29.8 Å². The van der Waals surface area contributed by atoms with E-state index in [1.165, 1.54) is 0 Å². The largest absolute Gasteiger partial charge is 0.494 e. The molecule has 0 aliphatic heterocycles. The Morgan fingerprint density at radius 1 is 1.04 bits per heavy atom. The minimum absolute atomic E-state index is 0. The van der Waals surface area contributed by atoms with Crippen molar-refractivity contribution in [3.05, 3.63) is 59.7 Å². The third kappa shape index (κ3) is 7.45. The van der Waals surface area contributed by atoms with Gasteiger partial charge in [-0.1, -0.05) is 12.1 Å². The second-order valence-corrected chi connectivity index (χ2v) is 5.47. The van der Waals surface area contributed by atoms with Crippen LogP contribution >= 0.6 is 12.4 Å². The molecule has 2 rings (SSSR count). The van der Waals surface area contributed by atoms with Gasteiger partial charge < -0.3 is 20.5 Å². The smallest absolute Gasteiger partial charge is 0.251 e. The summed E-state index contributed by atoms with van der Waals surface area (Å²) in [4.78, 5) is 12.1. The van der Waals surface area contributed by atoms with Crippen LogP contribution < -0.4 is 15.8 Å². The van der Waals surface area contributed by atoms with Gasteiger partial charge in [0.1, 0.15) is 5.75 Å². The van der Waals surface area contributed by atoms with E-state index in [2.05, 4.69) is 5.32 Å². The number of carbonyl (C=O) groups is 1. The highest BCUT2D eigenvalue weighted by Gasteiger charge is 2.05. The zero-order valence-corrected chi connectivity index (χ0v) is 15.2. The number of halogens is 1. The molecule has 1 amide bonds. The summed E-state index contributed by atoms with van der Waals surface area (Å²) in [6, 6.07) is 14.8. The van der Waals surface area contributed by atoms with E-state index in [-0.39, 0.29) is 18.3 Å². The lowest BCUT2D eigenvalue weighted by Gasteiger charge is -2.08. The van der Waals surface area contributed by atoms with Crippen LogP contribution in [-0.2, 0) is 11.2 Å². The Morgan fingerprint density at radius 2 is 1.72 bits per heavy atom. The van der Waals surface area contributed by atoms with Crippen LogP contribution in [0.2, 0.25) is 0 Å². The molecule has 0 unspecified atom stereocenters. The summed E-state index contributed by atoms with van der Waals surface area (Å²) in [5.74, 6) is 0.668. The second kappa shape index (κ2) is 11.3. The fraction of sp³-hybridized carbons (Fsp3) is 0.316. The summed E-state index contributed by atoms with van der Waals surface area (Å²) in [6.45, 7) is 1.85.